The largest absolute Gasteiger partial charge is 0.394 e. The van der Waals surface area contributed by atoms with Crippen molar-refractivity contribution < 1.29 is 14.7 Å². The van der Waals surface area contributed by atoms with Gasteiger partial charge in [-0.2, -0.15) is 0 Å². The summed E-state index contributed by atoms with van der Waals surface area (Å²) >= 11 is 0. The molecule has 0 bridgehead atoms. The van der Waals surface area contributed by atoms with E-state index in [0.717, 1.165) is 5.56 Å². The molecule has 0 aliphatic carbocycles. The Morgan fingerprint density at radius 1 is 1.35 bits per heavy atom. The van der Waals surface area contributed by atoms with E-state index in [1.165, 1.54) is 4.90 Å². The summed E-state index contributed by atoms with van der Waals surface area (Å²) in [6, 6.07) is 7.05. The molecule has 1 rings (SSSR count). The summed E-state index contributed by atoms with van der Waals surface area (Å²) in [5, 5.41) is 11.6. The molecule has 0 aliphatic rings. The standard InChI is InChI=1S/C15H22N2O3/c1-4-12(10-18)16-14(19)15(20)17(5-2)13-8-6-7-11(3)9-13/h6-9,12,18H,4-5,10H2,1-3H3,(H,16,19). The molecule has 1 atom stereocenters. The molecule has 1 unspecified atom stereocenters. The third-order valence-corrected chi connectivity index (χ3v) is 3.12. The first-order valence-electron chi connectivity index (χ1n) is 6.83. The van der Waals surface area contributed by atoms with E-state index in [-0.39, 0.29) is 12.6 Å². The maximum atomic E-state index is 12.2. The SMILES string of the molecule is CCC(CO)NC(=O)C(=O)N(CC)c1cccc(C)c1. The third kappa shape index (κ3) is 4.06. The molecule has 2 N–H and O–H groups in total. The number of hydrogen-bond acceptors (Lipinski definition) is 3. The van der Waals surface area contributed by atoms with Crippen molar-refractivity contribution in [1.29, 1.82) is 0 Å². The van der Waals surface area contributed by atoms with Crippen LogP contribution in [0.5, 0.6) is 0 Å². The van der Waals surface area contributed by atoms with E-state index >= 15 is 0 Å². The molecule has 1 aromatic carbocycles. The highest BCUT2D eigenvalue weighted by atomic mass is 16.3. The summed E-state index contributed by atoms with van der Waals surface area (Å²) in [5.74, 6) is -1.29. The van der Waals surface area contributed by atoms with Gasteiger partial charge in [0.25, 0.3) is 0 Å². The van der Waals surface area contributed by atoms with Gasteiger partial charge in [-0.15, -0.1) is 0 Å². The molecule has 0 fully saturated rings. The van der Waals surface area contributed by atoms with Gasteiger partial charge < -0.3 is 15.3 Å². The second kappa shape index (κ2) is 7.65. The van der Waals surface area contributed by atoms with Crippen LogP contribution in [0.4, 0.5) is 5.69 Å². The van der Waals surface area contributed by atoms with Crippen LogP contribution in [-0.4, -0.2) is 36.1 Å². The average Bonchev–Trinajstić information content (AvgIpc) is 2.45. The summed E-state index contributed by atoms with van der Waals surface area (Å²) in [7, 11) is 0. The van der Waals surface area contributed by atoms with Crippen LogP contribution in [0.25, 0.3) is 0 Å². The van der Waals surface area contributed by atoms with E-state index in [1.54, 1.807) is 6.07 Å². The Bertz CT molecular complexity index is 470. The molecule has 5 heteroatoms. The molecule has 0 aromatic heterocycles. The number of carbonyl (C=O) groups excluding carboxylic acids is 2. The molecule has 0 saturated carbocycles. The van der Waals surface area contributed by atoms with Gasteiger partial charge in [0, 0.05) is 12.2 Å². The van der Waals surface area contributed by atoms with Crippen LogP contribution in [0.2, 0.25) is 0 Å². The Kier molecular flexibility index (Phi) is 6.18. The molecule has 0 spiro atoms. The van der Waals surface area contributed by atoms with E-state index < -0.39 is 11.8 Å². The minimum Gasteiger partial charge on any atom is -0.394 e. The predicted octanol–water partition coefficient (Wildman–Crippen LogP) is 1.24. The third-order valence-electron chi connectivity index (χ3n) is 3.12. The van der Waals surface area contributed by atoms with E-state index in [2.05, 4.69) is 5.32 Å². The molecule has 2 amide bonds. The Hall–Kier alpha value is -1.88. The number of carbonyl (C=O) groups is 2. The maximum absolute atomic E-state index is 12.2. The van der Waals surface area contributed by atoms with Crippen LogP contribution in [-0.2, 0) is 9.59 Å². The molecule has 0 heterocycles. The van der Waals surface area contributed by atoms with Crippen molar-refractivity contribution in [3.8, 4) is 0 Å². The number of nitrogens with one attached hydrogen (secondary N) is 1. The van der Waals surface area contributed by atoms with Gasteiger partial charge in [-0.05, 0) is 38.0 Å². The summed E-state index contributed by atoms with van der Waals surface area (Å²) in [6.45, 7) is 5.82. The van der Waals surface area contributed by atoms with Gasteiger partial charge in [-0.3, -0.25) is 9.59 Å². The van der Waals surface area contributed by atoms with E-state index in [4.69, 9.17) is 5.11 Å². The first-order chi connectivity index (χ1) is 9.53. The van der Waals surface area contributed by atoms with Crippen molar-refractivity contribution in [1.82, 2.24) is 5.32 Å². The lowest BCUT2D eigenvalue weighted by atomic mass is 10.2. The zero-order valence-corrected chi connectivity index (χ0v) is 12.2. The topological polar surface area (TPSA) is 69.6 Å². The van der Waals surface area contributed by atoms with Gasteiger partial charge in [0.2, 0.25) is 0 Å². The fourth-order valence-electron chi connectivity index (χ4n) is 1.89. The maximum Gasteiger partial charge on any atom is 0.316 e. The van der Waals surface area contributed by atoms with E-state index in [1.807, 2.05) is 39.0 Å². The summed E-state index contributed by atoms with van der Waals surface area (Å²) < 4.78 is 0. The van der Waals surface area contributed by atoms with Gasteiger partial charge in [0.1, 0.15) is 0 Å². The minimum atomic E-state index is -0.686. The number of amides is 2. The zero-order chi connectivity index (χ0) is 15.1. The highest BCUT2D eigenvalue weighted by Crippen LogP contribution is 2.15. The second-order valence-electron chi connectivity index (χ2n) is 4.65. The summed E-state index contributed by atoms with van der Waals surface area (Å²) in [4.78, 5) is 25.5. The average molecular weight is 278 g/mol. The van der Waals surface area contributed by atoms with E-state index in [9.17, 15) is 9.59 Å². The molecule has 5 nitrogen and oxygen atoms in total. The summed E-state index contributed by atoms with van der Waals surface area (Å²) in [6.07, 6.45) is 0.575. The van der Waals surface area contributed by atoms with Crippen molar-refractivity contribution in [3.63, 3.8) is 0 Å². The Morgan fingerprint density at radius 3 is 2.55 bits per heavy atom. The lowest BCUT2D eigenvalue weighted by Crippen LogP contribution is -2.47. The number of rotatable bonds is 5. The number of aliphatic hydroxyl groups is 1. The molecular weight excluding hydrogens is 256 g/mol. The molecule has 110 valence electrons. The monoisotopic (exact) mass is 278 g/mol. The first-order valence-corrected chi connectivity index (χ1v) is 6.83. The van der Waals surface area contributed by atoms with E-state index in [0.29, 0.717) is 18.7 Å². The number of hydrogen-bond donors (Lipinski definition) is 2. The minimum absolute atomic E-state index is 0.175. The number of nitrogens with zero attached hydrogens (tertiary/aromatic N) is 1. The number of aliphatic hydroxyl groups excluding tert-OH is 1. The first kappa shape index (κ1) is 16.2. The van der Waals surface area contributed by atoms with Crippen molar-refractivity contribution in [3.05, 3.63) is 29.8 Å². The van der Waals surface area contributed by atoms with Gasteiger partial charge in [-0.1, -0.05) is 19.1 Å². The highest BCUT2D eigenvalue weighted by Gasteiger charge is 2.23. The fraction of sp³-hybridized carbons (Fsp3) is 0.467. The van der Waals surface area contributed by atoms with Crippen molar-refractivity contribution in [2.45, 2.75) is 33.2 Å². The second-order valence-corrected chi connectivity index (χ2v) is 4.65. The Labute approximate surface area is 119 Å². The summed E-state index contributed by atoms with van der Waals surface area (Å²) in [5.41, 5.74) is 1.72. The van der Waals surface area contributed by atoms with Crippen LogP contribution in [0, 0.1) is 6.92 Å². The van der Waals surface area contributed by atoms with Gasteiger partial charge in [-0.25, -0.2) is 0 Å². The predicted molar refractivity (Wildman–Crippen MR) is 78.5 cm³/mol. The van der Waals surface area contributed by atoms with Crippen molar-refractivity contribution >= 4 is 17.5 Å². The molecular formula is C15H22N2O3. The number of aryl methyl sites for hydroxylation is 1. The highest BCUT2D eigenvalue weighted by molar-refractivity contribution is 6.40. The van der Waals surface area contributed by atoms with Crippen LogP contribution < -0.4 is 10.2 Å². The number of benzene rings is 1. The van der Waals surface area contributed by atoms with Crippen molar-refractivity contribution in [2.24, 2.45) is 0 Å². The smallest absolute Gasteiger partial charge is 0.316 e. The molecule has 20 heavy (non-hydrogen) atoms. The molecule has 0 saturated heterocycles. The molecule has 0 aliphatic heterocycles. The lowest BCUT2D eigenvalue weighted by Gasteiger charge is -2.22. The normalized spacial score (nSPS) is 11.8. The van der Waals surface area contributed by atoms with Gasteiger partial charge in [0.15, 0.2) is 0 Å². The van der Waals surface area contributed by atoms with Crippen molar-refractivity contribution in [2.75, 3.05) is 18.1 Å². The number of likely N-dealkylation sites (N-methyl/N-ethyl adjacent to an activating group) is 1. The quantitative estimate of drug-likeness (QED) is 0.796. The Balaban J connectivity index is 2.84. The Morgan fingerprint density at radius 2 is 2.05 bits per heavy atom. The molecule has 0 radical (unpaired) electrons. The number of anilines is 1. The van der Waals surface area contributed by atoms with Crippen LogP contribution >= 0.6 is 0 Å². The van der Waals surface area contributed by atoms with Crippen LogP contribution in [0.3, 0.4) is 0 Å². The fourth-order valence-corrected chi connectivity index (χ4v) is 1.89. The molecule has 1 aromatic rings. The zero-order valence-electron chi connectivity index (χ0n) is 12.2. The van der Waals surface area contributed by atoms with Gasteiger partial charge in [0.05, 0.1) is 12.6 Å². The van der Waals surface area contributed by atoms with Crippen LogP contribution in [0.1, 0.15) is 25.8 Å². The lowest BCUT2D eigenvalue weighted by molar-refractivity contribution is -0.138. The van der Waals surface area contributed by atoms with Gasteiger partial charge >= 0.3 is 11.8 Å². The van der Waals surface area contributed by atoms with Crippen LogP contribution in [0.15, 0.2) is 24.3 Å².